The quantitative estimate of drug-likeness (QED) is 0.722. The van der Waals surface area contributed by atoms with Crippen LogP contribution in [0, 0.1) is 0 Å². The van der Waals surface area contributed by atoms with E-state index in [-0.39, 0.29) is 12.3 Å². The van der Waals surface area contributed by atoms with Gasteiger partial charge in [-0.3, -0.25) is 9.52 Å². The third-order valence-electron chi connectivity index (χ3n) is 3.45. The number of carbonyl (C=O) groups excluding carboxylic acids is 1. The minimum Gasteiger partial charge on any atom is -0.355 e. The van der Waals surface area contributed by atoms with Gasteiger partial charge in [-0.25, -0.2) is 0 Å². The van der Waals surface area contributed by atoms with Crippen LogP contribution in [0.3, 0.4) is 0 Å². The van der Waals surface area contributed by atoms with Gasteiger partial charge in [0, 0.05) is 29.3 Å². The molecule has 0 atom stereocenters. The third-order valence-corrected chi connectivity index (χ3v) is 5.55. The van der Waals surface area contributed by atoms with Gasteiger partial charge in [0.1, 0.15) is 0 Å². The molecule has 1 aromatic rings. The Labute approximate surface area is 147 Å². The maximum atomic E-state index is 12.0. The van der Waals surface area contributed by atoms with Crippen LogP contribution in [0.4, 0.5) is 0 Å². The van der Waals surface area contributed by atoms with Gasteiger partial charge in [-0.2, -0.15) is 20.2 Å². The highest BCUT2D eigenvalue weighted by Crippen LogP contribution is 2.16. The second kappa shape index (κ2) is 8.34. The zero-order chi connectivity index (χ0) is 17.6. The molecule has 1 heterocycles. The highest BCUT2D eigenvalue weighted by Gasteiger charge is 2.21. The molecule has 0 fully saturated rings. The van der Waals surface area contributed by atoms with Crippen molar-refractivity contribution in [1.82, 2.24) is 10.0 Å². The summed E-state index contributed by atoms with van der Waals surface area (Å²) in [5, 5.41) is 2.85. The van der Waals surface area contributed by atoms with Crippen LogP contribution < -0.4 is 10.0 Å². The van der Waals surface area contributed by atoms with Crippen LogP contribution in [-0.4, -0.2) is 32.3 Å². The Balaban J connectivity index is 1.73. The number of hydrogen-bond donors (Lipinski definition) is 2. The molecule has 0 bridgehead atoms. The van der Waals surface area contributed by atoms with Crippen LogP contribution in [-0.2, 0) is 20.8 Å². The summed E-state index contributed by atoms with van der Waals surface area (Å²) in [4.78, 5) is 12.0. The van der Waals surface area contributed by atoms with Crippen LogP contribution in [0.5, 0.6) is 0 Å². The Morgan fingerprint density at radius 2 is 1.96 bits per heavy atom. The molecule has 24 heavy (non-hydrogen) atoms. The largest absolute Gasteiger partial charge is 0.355 e. The van der Waals surface area contributed by atoms with E-state index < -0.39 is 10.2 Å². The van der Waals surface area contributed by atoms with Gasteiger partial charge >= 0.3 is 10.2 Å². The molecule has 8 heteroatoms. The van der Waals surface area contributed by atoms with Crippen LogP contribution in [0.15, 0.2) is 46.0 Å². The molecule has 0 radical (unpaired) electrons. The van der Waals surface area contributed by atoms with Gasteiger partial charge in [-0.15, -0.1) is 4.40 Å². The van der Waals surface area contributed by atoms with Crippen LogP contribution in [0.2, 0.25) is 0 Å². The molecule has 1 aromatic carbocycles. The van der Waals surface area contributed by atoms with E-state index in [2.05, 4.69) is 26.6 Å². The lowest BCUT2D eigenvalue weighted by molar-refractivity contribution is -0.120. The number of rotatable bonds is 7. The van der Waals surface area contributed by atoms with Gasteiger partial charge in [-0.05, 0) is 19.4 Å². The number of amides is 1. The number of carbonyl (C=O) groups is 1. The van der Waals surface area contributed by atoms with E-state index in [1.165, 1.54) is 5.56 Å². The first-order chi connectivity index (χ1) is 11.4. The van der Waals surface area contributed by atoms with Crippen molar-refractivity contribution in [1.29, 1.82) is 0 Å². The van der Waals surface area contributed by atoms with E-state index in [0.717, 1.165) is 11.5 Å². The Kier molecular flexibility index (Phi) is 6.44. The summed E-state index contributed by atoms with van der Waals surface area (Å²) in [5.74, 6) is 1.59. The van der Waals surface area contributed by atoms with Gasteiger partial charge in [-0.1, -0.05) is 30.3 Å². The van der Waals surface area contributed by atoms with E-state index in [9.17, 15) is 13.2 Å². The summed E-state index contributed by atoms with van der Waals surface area (Å²) < 4.78 is 28.7. The number of benzene rings is 1. The minimum absolute atomic E-state index is 0.118. The normalized spacial score (nSPS) is 16.3. The van der Waals surface area contributed by atoms with E-state index in [1.54, 1.807) is 25.6 Å². The van der Waals surface area contributed by atoms with Gasteiger partial charge in [0.05, 0.1) is 12.1 Å². The van der Waals surface area contributed by atoms with Gasteiger partial charge in [0.2, 0.25) is 5.91 Å². The molecule has 1 aliphatic rings. The fraction of sp³-hybridized carbons (Fsp3) is 0.375. The second-order valence-corrected chi connectivity index (χ2v) is 7.86. The smallest absolute Gasteiger partial charge is 0.342 e. The predicted octanol–water partition coefficient (Wildman–Crippen LogP) is 2.01. The number of nitrogens with one attached hydrogen (secondary N) is 2. The maximum absolute atomic E-state index is 12.0. The molecule has 0 aromatic heterocycles. The molecule has 130 valence electrons. The first-order valence-electron chi connectivity index (χ1n) is 7.55. The van der Waals surface area contributed by atoms with Crippen LogP contribution in [0.1, 0.15) is 25.8 Å². The van der Waals surface area contributed by atoms with Gasteiger partial charge in [0.15, 0.2) is 0 Å². The SMILES string of the molecule is CC1=NS(=O)(=O)NC(C)=C1CC(=O)NCCSCc1ccccc1. The van der Waals surface area contributed by atoms with Crippen molar-refractivity contribution in [3.8, 4) is 0 Å². The molecular formula is C16H21N3O3S2. The zero-order valence-corrected chi connectivity index (χ0v) is 15.3. The third kappa shape index (κ3) is 5.68. The van der Waals surface area contributed by atoms with E-state index in [1.807, 2.05) is 18.2 Å². The molecule has 0 saturated heterocycles. The summed E-state index contributed by atoms with van der Waals surface area (Å²) in [6, 6.07) is 10.2. The summed E-state index contributed by atoms with van der Waals surface area (Å²) in [7, 11) is -3.66. The molecule has 6 nitrogen and oxygen atoms in total. The number of allylic oxidation sites excluding steroid dienone is 1. The Hall–Kier alpha value is -1.80. The average molecular weight is 367 g/mol. The number of hydrogen-bond acceptors (Lipinski definition) is 4. The number of thioether (sulfide) groups is 1. The van der Waals surface area contributed by atoms with Crippen molar-refractivity contribution in [2.24, 2.45) is 4.40 Å². The first kappa shape index (κ1) is 18.5. The van der Waals surface area contributed by atoms with Crippen LogP contribution >= 0.6 is 11.8 Å². The lowest BCUT2D eigenvalue weighted by atomic mass is 10.1. The topological polar surface area (TPSA) is 87.6 Å². The van der Waals surface area contributed by atoms with Crippen molar-refractivity contribution in [3.05, 3.63) is 47.2 Å². The van der Waals surface area contributed by atoms with Gasteiger partial charge in [0.25, 0.3) is 0 Å². The van der Waals surface area contributed by atoms with Crippen molar-refractivity contribution in [2.45, 2.75) is 26.0 Å². The Morgan fingerprint density at radius 3 is 2.62 bits per heavy atom. The van der Waals surface area contributed by atoms with E-state index in [4.69, 9.17) is 0 Å². The maximum Gasteiger partial charge on any atom is 0.342 e. The predicted molar refractivity (Wildman–Crippen MR) is 98.1 cm³/mol. The molecule has 2 N–H and O–H groups in total. The van der Waals surface area contributed by atoms with Crippen molar-refractivity contribution < 1.29 is 13.2 Å². The average Bonchev–Trinajstić information content (AvgIpc) is 2.51. The fourth-order valence-corrected chi connectivity index (χ4v) is 4.14. The highest BCUT2D eigenvalue weighted by molar-refractivity contribution is 7.98. The molecule has 0 saturated carbocycles. The van der Waals surface area contributed by atoms with Crippen molar-refractivity contribution >= 4 is 33.6 Å². The molecule has 0 unspecified atom stereocenters. The lowest BCUT2D eigenvalue weighted by Gasteiger charge is -2.17. The zero-order valence-electron chi connectivity index (χ0n) is 13.7. The highest BCUT2D eigenvalue weighted by atomic mass is 32.2. The summed E-state index contributed by atoms with van der Waals surface area (Å²) in [5.41, 5.74) is 2.70. The van der Waals surface area contributed by atoms with Crippen molar-refractivity contribution in [3.63, 3.8) is 0 Å². The standard InChI is InChI=1S/C16H21N3O3S2/c1-12-15(13(2)19-24(21,22)18-12)10-16(20)17-8-9-23-11-14-6-4-3-5-7-14/h3-7,18H,8-11H2,1-2H3,(H,17,20). The van der Waals surface area contributed by atoms with E-state index in [0.29, 0.717) is 23.5 Å². The molecule has 1 aliphatic heterocycles. The van der Waals surface area contributed by atoms with E-state index >= 15 is 0 Å². The minimum atomic E-state index is -3.66. The van der Waals surface area contributed by atoms with Gasteiger partial charge < -0.3 is 5.32 Å². The molecule has 0 aliphatic carbocycles. The number of nitrogens with zero attached hydrogens (tertiary/aromatic N) is 1. The lowest BCUT2D eigenvalue weighted by Crippen LogP contribution is -2.32. The monoisotopic (exact) mass is 367 g/mol. The molecule has 1 amide bonds. The second-order valence-electron chi connectivity index (χ2n) is 5.42. The Morgan fingerprint density at radius 1 is 1.25 bits per heavy atom. The first-order valence-corrected chi connectivity index (χ1v) is 10.1. The van der Waals surface area contributed by atoms with Crippen molar-refractivity contribution in [2.75, 3.05) is 12.3 Å². The summed E-state index contributed by atoms with van der Waals surface area (Å²) >= 11 is 1.75. The molecule has 2 rings (SSSR count). The Bertz CT molecular complexity index is 756. The fourth-order valence-electron chi connectivity index (χ4n) is 2.30. The summed E-state index contributed by atoms with van der Waals surface area (Å²) in [6.07, 6.45) is 0.118. The molecular weight excluding hydrogens is 346 g/mol. The van der Waals surface area contributed by atoms with Crippen LogP contribution in [0.25, 0.3) is 0 Å². The summed E-state index contributed by atoms with van der Waals surface area (Å²) in [6.45, 7) is 3.80. The molecule has 0 spiro atoms.